The third kappa shape index (κ3) is 4.53. The second-order valence-electron chi connectivity index (χ2n) is 4.68. The van der Waals surface area contributed by atoms with Gasteiger partial charge in [0, 0.05) is 18.6 Å². The van der Waals surface area contributed by atoms with Gasteiger partial charge in [0.25, 0.3) is 0 Å². The van der Waals surface area contributed by atoms with Crippen molar-refractivity contribution in [1.29, 1.82) is 0 Å². The summed E-state index contributed by atoms with van der Waals surface area (Å²) in [5.74, 6) is 0.153. The van der Waals surface area contributed by atoms with E-state index in [0.29, 0.717) is 6.54 Å². The highest BCUT2D eigenvalue weighted by Crippen LogP contribution is 2.22. The Labute approximate surface area is 94.3 Å². The molecule has 2 unspecified atom stereocenters. The third-order valence-electron chi connectivity index (χ3n) is 2.79. The smallest absolute Gasteiger partial charge is 0.324 e. The fourth-order valence-electron chi connectivity index (χ4n) is 1.93. The summed E-state index contributed by atoms with van der Waals surface area (Å²) in [6.45, 7) is 3.15. The first-order chi connectivity index (χ1) is 7.28. The predicted octanol–water partition coefficient (Wildman–Crippen LogP) is 2.16. The summed E-state index contributed by atoms with van der Waals surface area (Å²) in [5.41, 5.74) is 5.68. The van der Waals surface area contributed by atoms with Crippen molar-refractivity contribution in [3.05, 3.63) is 12.2 Å². The molecule has 1 rings (SSSR count). The number of hydrogen-bond acceptors (Lipinski definition) is 2. The molecular formula is C11H19F3N2. The molecule has 2 nitrogen and oxygen atoms in total. The molecule has 0 spiro atoms. The van der Waals surface area contributed by atoms with E-state index in [9.17, 15) is 13.2 Å². The Balaban J connectivity index is 2.49. The summed E-state index contributed by atoms with van der Waals surface area (Å²) >= 11 is 0. The van der Waals surface area contributed by atoms with Crippen LogP contribution >= 0.6 is 0 Å². The van der Waals surface area contributed by atoms with Crippen LogP contribution in [0.5, 0.6) is 0 Å². The van der Waals surface area contributed by atoms with Crippen LogP contribution in [-0.4, -0.2) is 36.2 Å². The Morgan fingerprint density at radius 2 is 2.00 bits per heavy atom. The summed E-state index contributed by atoms with van der Waals surface area (Å²) < 4.78 is 37.0. The van der Waals surface area contributed by atoms with Gasteiger partial charge in [0.15, 0.2) is 0 Å². The topological polar surface area (TPSA) is 29.3 Å². The molecule has 0 saturated heterocycles. The second kappa shape index (κ2) is 5.19. The van der Waals surface area contributed by atoms with Crippen molar-refractivity contribution in [1.82, 2.24) is 4.90 Å². The van der Waals surface area contributed by atoms with Crippen molar-refractivity contribution in [3.63, 3.8) is 0 Å². The van der Waals surface area contributed by atoms with E-state index in [0.717, 1.165) is 6.42 Å². The predicted molar refractivity (Wildman–Crippen MR) is 58.0 cm³/mol. The zero-order valence-corrected chi connectivity index (χ0v) is 9.67. The number of nitrogens with two attached hydrogens (primary N) is 1. The van der Waals surface area contributed by atoms with Crippen molar-refractivity contribution in [3.8, 4) is 0 Å². The lowest BCUT2D eigenvalue weighted by Gasteiger charge is -2.29. The Bertz CT molecular complexity index is 248. The van der Waals surface area contributed by atoms with Crippen molar-refractivity contribution in [2.75, 3.05) is 13.1 Å². The number of alkyl halides is 3. The Kier molecular flexibility index (Phi) is 4.38. The molecule has 0 aliphatic heterocycles. The monoisotopic (exact) mass is 236 g/mol. The van der Waals surface area contributed by atoms with Crippen LogP contribution in [0.2, 0.25) is 0 Å². The normalized spacial score (nSPS) is 26.0. The van der Waals surface area contributed by atoms with E-state index in [4.69, 9.17) is 5.73 Å². The first kappa shape index (κ1) is 13.5. The van der Waals surface area contributed by atoms with Crippen molar-refractivity contribution >= 4 is 0 Å². The van der Waals surface area contributed by atoms with Crippen LogP contribution < -0.4 is 5.73 Å². The maximum absolute atomic E-state index is 12.3. The van der Waals surface area contributed by atoms with Crippen LogP contribution in [0, 0.1) is 5.92 Å². The standard InChI is InChI=1S/C11H19F3N2/c1-8(2)16(7-11(12,13)14)6-9-3-4-10(15)5-9/h3-4,8-10H,5-7,15H2,1-2H3. The molecule has 0 aromatic rings. The minimum Gasteiger partial charge on any atom is -0.324 e. The minimum atomic E-state index is -4.13. The molecule has 2 atom stereocenters. The Morgan fingerprint density at radius 3 is 2.38 bits per heavy atom. The van der Waals surface area contributed by atoms with Crippen molar-refractivity contribution < 1.29 is 13.2 Å². The molecule has 16 heavy (non-hydrogen) atoms. The van der Waals surface area contributed by atoms with Gasteiger partial charge in [-0.15, -0.1) is 0 Å². The van der Waals surface area contributed by atoms with Gasteiger partial charge in [-0.1, -0.05) is 12.2 Å². The highest BCUT2D eigenvalue weighted by molar-refractivity contribution is 5.05. The molecule has 0 fully saturated rings. The van der Waals surface area contributed by atoms with Gasteiger partial charge in [-0.05, 0) is 26.2 Å². The molecule has 0 aromatic carbocycles. The van der Waals surface area contributed by atoms with Crippen molar-refractivity contribution in [2.24, 2.45) is 11.7 Å². The lowest BCUT2D eigenvalue weighted by Crippen LogP contribution is -2.41. The molecular weight excluding hydrogens is 217 g/mol. The van der Waals surface area contributed by atoms with E-state index in [2.05, 4.69) is 0 Å². The van der Waals surface area contributed by atoms with Crippen LogP contribution in [0.4, 0.5) is 13.2 Å². The SMILES string of the molecule is CC(C)N(CC1C=CC(N)C1)CC(F)(F)F. The molecule has 0 radical (unpaired) electrons. The van der Waals surface area contributed by atoms with Gasteiger partial charge in [0.2, 0.25) is 0 Å². The molecule has 0 bridgehead atoms. The number of halogens is 3. The molecule has 1 aliphatic rings. The Hall–Kier alpha value is -0.550. The molecule has 2 N–H and O–H groups in total. The third-order valence-corrected chi connectivity index (χ3v) is 2.79. The molecule has 1 aliphatic carbocycles. The van der Waals surface area contributed by atoms with Gasteiger partial charge in [0.05, 0.1) is 6.54 Å². The molecule has 0 aromatic heterocycles. The number of nitrogens with zero attached hydrogens (tertiary/aromatic N) is 1. The van der Waals surface area contributed by atoms with Gasteiger partial charge in [0.1, 0.15) is 0 Å². The van der Waals surface area contributed by atoms with Crippen LogP contribution in [0.15, 0.2) is 12.2 Å². The van der Waals surface area contributed by atoms with Crippen LogP contribution in [0.25, 0.3) is 0 Å². The average molecular weight is 236 g/mol. The highest BCUT2D eigenvalue weighted by atomic mass is 19.4. The van der Waals surface area contributed by atoms with Gasteiger partial charge in [-0.2, -0.15) is 13.2 Å². The van der Waals surface area contributed by atoms with Crippen LogP contribution in [0.1, 0.15) is 20.3 Å². The Morgan fingerprint density at radius 1 is 1.38 bits per heavy atom. The maximum Gasteiger partial charge on any atom is 0.401 e. The zero-order valence-electron chi connectivity index (χ0n) is 9.67. The summed E-state index contributed by atoms with van der Waals surface area (Å²) in [6.07, 6.45) is 0.420. The fraction of sp³-hybridized carbons (Fsp3) is 0.818. The van der Waals surface area contributed by atoms with Crippen molar-refractivity contribution in [2.45, 2.75) is 38.5 Å². The van der Waals surface area contributed by atoms with Crippen LogP contribution in [0.3, 0.4) is 0 Å². The van der Waals surface area contributed by atoms with E-state index in [-0.39, 0.29) is 18.0 Å². The lowest BCUT2D eigenvalue weighted by atomic mass is 10.1. The first-order valence-corrected chi connectivity index (χ1v) is 5.52. The average Bonchev–Trinajstić information content (AvgIpc) is 2.47. The number of hydrogen-bond donors (Lipinski definition) is 1. The molecule has 94 valence electrons. The van der Waals surface area contributed by atoms with Gasteiger partial charge >= 0.3 is 6.18 Å². The molecule has 0 amide bonds. The lowest BCUT2D eigenvalue weighted by molar-refractivity contribution is -0.150. The van der Waals surface area contributed by atoms with E-state index in [1.54, 1.807) is 13.8 Å². The molecule has 0 saturated carbocycles. The van der Waals surface area contributed by atoms with E-state index >= 15 is 0 Å². The number of rotatable bonds is 4. The largest absolute Gasteiger partial charge is 0.401 e. The second-order valence-corrected chi connectivity index (χ2v) is 4.68. The minimum absolute atomic E-state index is 0.00454. The zero-order chi connectivity index (χ0) is 12.3. The van der Waals surface area contributed by atoms with E-state index in [1.165, 1.54) is 4.90 Å². The summed E-state index contributed by atoms with van der Waals surface area (Å²) in [7, 11) is 0. The molecule has 5 heteroatoms. The van der Waals surface area contributed by atoms with Gasteiger partial charge < -0.3 is 5.73 Å². The van der Waals surface area contributed by atoms with E-state index in [1.807, 2.05) is 12.2 Å². The van der Waals surface area contributed by atoms with Gasteiger partial charge in [-0.3, -0.25) is 4.90 Å². The van der Waals surface area contributed by atoms with E-state index < -0.39 is 12.7 Å². The summed E-state index contributed by atoms with van der Waals surface area (Å²) in [5, 5.41) is 0. The quantitative estimate of drug-likeness (QED) is 0.758. The summed E-state index contributed by atoms with van der Waals surface area (Å²) in [6, 6.07) is -0.100. The highest BCUT2D eigenvalue weighted by Gasteiger charge is 2.33. The maximum atomic E-state index is 12.3. The summed E-state index contributed by atoms with van der Waals surface area (Å²) in [4.78, 5) is 1.45. The molecule has 0 heterocycles. The fourth-order valence-corrected chi connectivity index (χ4v) is 1.93. The van der Waals surface area contributed by atoms with Gasteiger partial charge in [-0.25, -0.2) is 0 Å². The first-order valence-electron chi connectivity index (χ1n) is 5.52. The van der Waals surface area contributed by atoms with Crippen LogP contribution in [-0.2, 0) is 0 Å².